The van der Waals surface area contributed by atoms with Gasteiger partial charge in [0.1, 0.15) is 0 Å². The summed E-state index contributed by atoms with van der Waals surface area (Å²) in [6.07, 6.45) is 2.92. The van der Waals surface area contributed by atoms with E-state index < -0.39 is 6.10 Å². The van der Waals surface area contributed by atoms with Crippen LogP contribution in [0.3, 0.4) is 0 Å². The molecule has 0 fully saturated rings. The van der Waals surface area contributed by atoms with Gasteiger partial charge in [0.05, 0.1) is 11.8 Å². The number of aromatic nitrogens is 1. The van der Waals surface area contributed by atoms with Gasteiger partial charge in [-0.2, -0.15) is 0 Å². The Morgan fingerprint density at radius 1 is 0.885 bits per heavy atom. The largest absolute Gasteiger partial charge is 0.392 e. The molecule has 1 heterocycles. The van der Waals surface area contributed by atoms with Crippen molar-refractivity contribution in [3.8, 4) is 11.3 Å². The van der Waals surface area contributed by atoms with E-state index in [1.807, 2.05) is 36.4 Å². The van der Waals surface area contributed by atoms with Crippen molar-refractivity contribution in [2.24, 2.45) is 5.84 Å². The van der Waals surface area contributed by atoms with Crippen LogP contribution in [0.25, 0.3) is 11.3 Å². The van der Waals surface area contributed by atoms with Crippen molar-refractivity contribution in [3.63, 3.8) is 0 Å². The van der Waals surface area contributed by atoms with Crippen LogP contribution in [0.1, 0.15) is 17.5 Å². The van der Waals surface area contributed by atoms with Crippen molar-refractivity contribution in [3.05, 3.63) is 90.1 Å². The highest BCUT2D eigenvalue weighted by molar-refractivity contribution is 5.58. The number of aryl methyl sites for hydroxylation is 1. The van der Waals surface area contributed by atoms with E-state index in [0.29, 0.717) is 19.5 Å². The number of aliphatic hydroxyl groups is 1. The van der Waals surface area contributed by atoms with E-state index in [0.717, 1.165) is 23.2 Å². The monoisotopic (exact) mass is 347 g/mol. The van der Waals surface area contributed by atoms with Gasteiger partial charge in [0.25, 0.3) is 0 Å². The zero-order chi connectivity index (χ0) is 18.2. The van der Waals surface area contributed by atoms with Crippen LogP contribution in [0.5, 0.6) is 0 Å². The first kappa shape index (κ1) is 18.3. The predicted molar refractivity (Wildman–Crippen MR) is 105 cm³/mol. The summed E-state index contributed by atoms with van der Waals surface area (Å²) in [6, 6.07) is 24.3. The Balaban J connectivity index is 1.47. The van der Waals surface area contributed by atoms with Crippen molar-refractivity contribution in [1.82, 2.24) is 9.99 Å². The molecule has 3 aromatic rings. The van der Waals surface area contributed by atoms with Crippen LogP contribution in [0.4, 0.5) is 0 Å². The second kappa shape index (κ2) is 9.25. The molecule has 3 rings (SSSR count). The number of nitrogens with zero attached hydrogens (tertiary/aromatic N) is 2. The second-order valence-electron chi connectivity index (χ2n) is 6.52. The number of rotatable bonds is 8. The van der Waals surface area contributed by atoms with Crippen LogP contribution < -0.4 is 5.84 Å². The van der Waals surface area contributed by atoms with Crippen LogP contribution in [0, 0.1) is 0 Å². The SMILES string of the molecule is NN(Cc1ccc(-c2ccccn2)cc1)CC(O)CCc1ccccc1. The molecule has 1 atom stereocenters. The summed E-state index contributed by atoms with van der Waals surface area (Å²) in [6.45, 7) is 1.06. The number of hydrazine groups is 1. The van der Waals surface area contributed by atoms with Gasteiger partial charge in [0, 0.05) is 24.8 Å². The van der Waals surface area contributed by atoms with E-state index in [2.05, 4.69) is 41.4 Å². The second-order valence-corrected chi connectivity index (χ2v) is 6.52. The molecular formula is C22H25N3O. The maximum absolute atomic E-state index is 10.2. The summed E-state index contributed by atoms with van der Waals surface area (Å²) in [7, 11) is 0. The van der Waals surface area contributed by atoms with Gasteiger partial charge in [-0.25, -0.2) is 5.01 Å². The van der Waals surface area contributed by atoms with Gasteiger partial charge in [-0.3, -0.25) is 10.8 Å². The normalized spacial score (nSPS) is 12.3. The number of hydrogen-bond acceptors (Lipinski definition) is 4. The van der Waals surface area contributed by atoms with E-state index in [9.17, 15) is 5.11 Å². The summed E-state index contributed by atoms with van der Waals surface area (Å²) in [5, 5.41) is 11.9. The molecule has 4 heteroatoms. The summed E-state index contributed by atoms with van der Waals surface area (Å²) in [5.41, 5.74) is 4.39. The first-order chi connectivity index (χ1) is 12.7. The molecule has 0 amide bonds. The van der Waals surface area contributed by atoms with Crippen molar-refractivity contribution >= 4 is 0 Å². The lowest BCUT2D eigenvalue weighted by Gasteiger charge is -2.20. The summed E-state index contributed by atoms with van der Waals surface area (Å²) in [5.74, 6) is 6.09. The number of nitrogens with two attached hydrogens (primary N) is 1. The first-order valence-electron chi connectivity index (χ1n) is 8.92. The third-order valence-electron chi connectivity index (χ3n) is 4.35. The molecule has 3 N–H and O–H groups in total. The first-order valence-corrected chi connectivity index (χ1v) is 8.92. The number of benzene rings is 2. The van der Waals surface area contributed by atoms with Crippen LogP contribution in [0.15, 0.2) is 79.0 Å². The third-order valence-corrected chi connectivity index (χ3v) is 4.35. The number of pyridine rings is 1. The van der Waals surface area contributed by atoms with E-state index in [4.69, 9.17) is 5.84 Å². The molecule has 0 bridgehead atoms. The van der Waals surface area contributed by atoms with Gasteiger partial charge in [0.15, 0.2) is 0 Å². The minimum atomic E-state index is -0.437. The molecule has 0 aliphatic rings. The Morgan fingerprint density at radius 3 is 2.31 bits per heavy atom. The zero-order valence-corrected chi connectivity index (χ0v) is 14.8. The Morgan fingerprint density at radius 2 is 1.62 bits per heavy atom. The molecule has 0 aliphatic carbocycles. The average molecular weight is 347 g/mol. The fourth-order valence-electron chi connectivity index (χ4n) is 2.95. The van der Waals surface area contributed by atoms with E-state index in [1.54, 1.807) is 11.2 Å². The van der Waals surface area contributed by atoms with Gasteiger partial charge in [-0.15, -0.1) is 0 Å². The highest BCUT2D eigenvalue weighted by atomic mass is 16.3. The standard InChI is InChI=1S/C22H25N3O/c23-25(17-21(26)14-11-18-6-2-1-3-7-18)16-19-9-12-20(13-10-19)22-8-4-5-15-24-22/h1-10,12-13,15,21,26H,11,14,16-17,23H2. The fraction of sp³-hybridized carbons (Fsp3) is 0.227. The molecule has 0 spiro atoms. The Bertz CT molecular complexity index is 776. The molecule has 1 aromatic heterocycles. The maximum atomic E-state index is 10.2. The fourth-order valence-corrected chi connectivity index (χ4v) is 2.95. The molecule has 134 valence electrons. The Hall–Kier alpha value is -2.53. The summed E-state index contributed by atoms with van der Waals surface area (Å²) >= 11 is 0. The van der Waals surface area contributed by atoms with Crippen LogP contribution in [-0.4, -0.2) is 27.7 Å². The zero-order valence-electron chi connectivity index (χ0n) is 14.8. The van der Waals surface area contributed by atoms with Crippen LogP contribution in [0.2, 0.25) is 0 Å². The summed E-state index contributed by atoms with van der Waals surface area (Å²) in [4.78, 5) is 4.36. The maximum Gasteiger partial charge on any atom is 0.0701 e. The molecule has 0 aliphatic heterocycles. The van der Waals surface area contributed by atoms with Crippen molar-refractivity contribution < 1.29 is 5.11 Å². The van der Waals surface area contributed by atoms with E-state index >= 15 is 0 Å². The minimum Gasteiger partial charge on any atom is -0.392 e. The van der Waals surface area contributed by atoms with Crippen LogP contribution in [-0.2, 0) is 13.0 Å². The smallest absolute Gasteiger partial charge is 0.0701 e. The van der Waals surface area contributed by atoms with Crippen LogP contribution >= 0.6 is 0 Å². The Labute approximate surface area is 154 Å². The highest BCUT2D eigenvalue weighted by Gasteiger charge is 2.10. The molecule has 0 saturated carbocycles. The Kier molecular flexibility index (Phi) is 6.50. The number of aliphatic hydroxyl groups excluding tert-OH is 1. The van der Waals surface area contributed by atoms with Gasteiger partial charge in [-0.05, 0) is 36.1 Å². The third kappa shape index (κ3) is 5.49. The predicted octanol–water partition coefficient (Wildman–Crippen LogP) is 3.42. The lowest BCUT2D eigenvalue weighted by atomic mass is 10.1. The van der Waals surface area contributed by atoms with Gasteiger partial charge < -0.3 is 5.11 Å². The molecule has 1 unspecified atom stereocenters. The van der Waals surface area contributed by atoms with E-state index in [-0.39, 0.29) is 0 Å². The lowest BCUT2D eigenvalue weighted by Crippen LogP contribution is -2.37. The van der Waals surface area contributed by atoms with Gasteiger partial charge >= 0.3 is 0 Å². The van der Waals surface area contributed by atoms with Crippen molar-refractivity contribution in [1.29, 1.82) is 0 Å². The average Bonchev–Trinajstić information content (AvgIpc) is 2.68. The van der Waals surface area contributed by atoms with Crippen molar-refractivity contribution in [2.45, 2.75) is 25.5 Å². The van der Waals surface area contributed by atoms with Gasteiger partial charge in [0.2, 0.25) is 0 Å². The topological polar surface area (TPSA) is 62.4 Å². The summed E-state index contributed by atoms with van der Waals surface area (Å²) < 4.78 is 0. The molecule has 4 nitrogen and oxygen atoms in total. The van der Waals surface area contributed by atoms with Gasteiger partial charge in [-0.1, -0.05) is 60.7 Å². The number of hydrogen-bond donors (Lipinski definition) is 2. The molecular weight excluding hydrogens is 322 g/mol. The lowest BCUT2D eigenvalue weighted by molar-refractivity contribution is 0.102. The molecule has 26 heavy (non-hydrogen) atoms. The highest BCUT2D eigenvalue weighted by Crippen LogP contribution is 2.17. The molecule has 0 saturated heterocycles. The molecule has 0 radical (unpaired) electrons. The minimum absolute atomic E-state index is 0.437. The van der Waals surface area contributed by atoms with Crippen molar-refractivity contribution in [2.75, 3.05) is 6.54 Å². The molecule has 2 aromatic carbocycles. The van der Waals surface area contributed by atoms with E-state index in [1.165, 1.54) is 5.56 Å². The quantitative estimate of drug-likeness (QED) is 0.484.